The Labute approximate surface area is 139 Å². The molecule has 124 valence electrons. The van der Waals surface area contributed by atoms with Crippen LogP contribution in [0.4, 0.5) is 4.39 Å². The van der Waals surface area contributed by atoms with Crippen LogP contribution in [0.15, 0.2) is 24.3 Å². The molecule has 0 saturated carbocycles. The molecule has 2 aliphatic heterocycles. The maximum atomic E-state index is 12.9. The predicted molar refractivity (Wildman–Crippen MR) is 87.7 cm³/mol. The third-order valence-electron chi connectivity index (χ3n) is 4.25. The Balaban J connectivity index is 1.49. The topological polar surface area (TPSA) is 61.4 Å². The average molecular weight is 337 g/mol. The summed E-state index contributed by atoms with van der Waals surface area (Å²) in [5.74, 6) is 1.26. The first kappa shape index (κ1) is 16.3. The normalized spacial score (nSPS) is 22.1. The molecule has 2 N–H and O–H groups in total. The van der Waals surface area contributed by atoms with E-state index in [9.17, 15) is 14.0 Å². The predicted octanol–water partition coefficient (Wildman–Crippen LogP) is 1.21. The average Bonchev–Trinajstić information content (AvgIpc) is 3.10. The summed E-state index contributed by atoms with van der Waals surface area (Å²) >= 11 is 1.72. The molecule has 1 atom stereocenters. The van der Waals surface area contributed by atoms with Gasteiger partial charge in [-0.3, -0.25) is 14.9 Å². The van der Waals surface area contributed by atoms with Gasteiger partial charge in [0.25, 0.3) is 5.91 Å². The van der Waals surface area contributed by atoms with Crippen LogP contribution in [-0.4, -0.2) is 53.5 Å². The number of halogens is 1. The van der Waals surface area contributed by atoms with Gasteiger partial charge < -0.3 is 10.2 Å². The number of hydrogen-bond acceptors (Lipinski definition) is 4. The van der Waals surface area contributed by atoms with Gasteiger partial charge in [-0.15, -0.1) is 11.8 Å². The summed E-state index contributed by atoms with van der Waals surface area (Å²) in [6, 6.07) is 5.63. The monoisotopic (exact) mass is 337 g/mol. The van der Waals surface area contributed by atoms with Crippen LogP contribution in [0.1, 0.15) is 23.2 Å². The maximum Gasteiger partial charge on any atom is 0.253 e. The highest BCUT2D eigenvalue weighted by Gasteiger charge is 2.28. The lowest BCUT2D eigenvalue weighted by Gasteiger charge is -2.33. The van der Waals surface area contributed by atoms with E-state index in [1.165, 1.54) is 24.3 Å². The van der Waals surface area contributed by atoms with Gasteiger partial charge in [0.1, 0.15) is 5.82 Å². The lowest BCUT2D eigenvalue weighted by atomic mass is 10.0. The van der Waals surface area contributed by atoms with Gasteiger partial charge in [-0.05, 0) is 37.1 Å². The molecular weight excluding hydrogens is 317 g/mol. The minimum atomic E-state index is -0.346. The van der Waals surface area contributed by atoms with Gasteiger partial charge in [-0.1, -0.05) is 0 Å². The van der Waals surface area contributed by atoms with Gasteiger partial charge >= 0.3 is 0 Å². The molecule has 7 heteroatoms. The molecule has 0 spiro atoms. The summed E-state index contributed by atoms with van der Waals surface area (Å²) < 4.78 is 12.9. The van der Waals surface area contributed by atoms with Crippen molar-refractivity contribution in [3.8, 4) is 0 Å². The summed E-state index contributed by atoms with van der Waals surface area (Å²) in [5.41, 5.74) is 0.501. The number of piperidine rings is 1. The Bertz CT molecular complexity index is 567. The molecule has 3 rings (SSSR count). The summed E-state index contributed by atoms with van der Waals surface area (Å²) in [6.07, 6.45) is 1.50. The highest BCUT2D eigenvalue weighted by atomic mass is 32.2. The third-order valence-corrected chi connectivity index (χ3v) is 5.19. The second kappa shape index (κ2) is 7.31. The lowest BCUT2D eigenvalue weighted by molar-refractivity contribution is -0.123. The number of amides is 2. The van der Waals surface area contributed by atoms with Crippen molar-refractivity contribution in [1.29, 1.82) is 0 Å². The van der Waals surface area contributed by atoms with Crippen LogP contribution in [-0.2, 0) is 4.79 Å². The first-order chi connectivity index (χ1) is 11.1. The minimum absolute atomic E-state index is 0.0540. The first-order valence-electron chi connectivity index (χ1n) is 7.80. The molecule has 1 aromatic carbocycles. The molecule has 5 nitrogen and oxygen atoms in total. The Hall–Kier alpha value is -1.60. The van der Waals surface area contributed by atoms with Crippen LogP contribution in [0, 0.1) is 5.82 Å². The zero-order chi connectivity index (χ0) is 16.2. The second-order valence-electron chi connectivity index (χ2n) is 5.85. The Kier molecular flexibility index (Phi) is 5.17. The zero-order valence-corrected chi connectivity index (χ0v) is 13.6. The second-order valence-corrected chi connectivity index (χ2v) is 6.88. The highest BCUT2D eigenvalue weighted by molar-refractivity contribution is 7.99. The number of nitrogens with zero attached hydrogens (tertiary/aromatic N) is 1. The summed E-state index contributed by atoms with van der Waals surface area (Å²) in [7, 11) is 0. The van der Waals surface area contributed by atoms with Crippen molar-refractivity contribution < 1.29 is 14.0 Å². The fourth-order valence-electron chi connectivity index (χ4n) is 2.87. The molecule has 1 unspecified atom stereocenters. The van der Waals surface area contributed by atoms with Crippen molar-refractivity contribution in [1.82, 2.24) is 15.5 Å². The quantitative estimate of drug-likeness (QED) is 0.870. The highest BCUT2D eigenvalue weighted by Crippen LogP contribution is 2.16. The number of thioether (sulfide) groups is 1. The van der Waals surface area contributed by atoms with E-state index >= 15 is 0 Å². The van der Waals surface area contributed by atoms with Crippen molar-refractivity contribution in [2.75, 3.05) is 24.7 Å². The molecule has 0 aromatic heterocycles. The van der Waals surface area contributed by atoms with E-state index in [1.54, 1.807) is 16.7 Å². The van der Waals surface area contributed by atoms with Crippen LogP contribution in [0.3, 0.4) is 0 Å². The van der Waals surface area contributed by atoms with E-state index in [-0.39, 0.29) is 29.7 Å². The van der Waals surface area contributed by atoms with Gasteiger partial charge in [-0.25, -0.2) is 4.39 Å². The smallest absolute Gasteiger partial charge is 0.253 e. The van der Waals surface area contributed by atoms with Crippen LogP contribution in [0.25, 0.3) is 0 Å². The van der Waals surface area contributed by atoms with Gasteiger partial charge in [0, 0.05) is 36.3 Å². The molecule has 2 aliphatic rings. The van der Waals surface area contributed by atoms with Crippen LogP contribution < -0.4 is 10.6 Å². The van der Waals surface area contributed by atoms with E-state index in [1.807, 2.05) is 0 Å². The Morgan fingerprint density at radius 2 is 1.91 bits per heavy atom. The van der Waals surface area contributed by atoms with Crippen LogP contribution in [0.2, 0.25) is 0 Å². The van der Waals surface area contributed by atoms with Gasteiger partial charge in [0.05, 0.1) is 6.04 Å². The Morgan fingerprint density at radius 3 is 2.52 bits per heavy atom. The third kappa shape index (κ3) is 4.03. The molecule has 0 bridgehead atoms. The number of carbonyl (C=O) groups excluding carboxylic acids is 2. The maximum absolute atomic E-state index is 12.9. The van der Waals surface area contributed by atoms with Crippen molar-refractivity contribution >= 4 is 23.6 Å². The zero-order valence-electron chi connectivity index (χ0n) is 12.8. The molecular formula is C16H20FN3O2S. The number of benzene rings is 1. The van der Waals surface area contributed by atoms with Crippen molar-refractivity contribution in [2.45, 2.75) is 24.9 Å². The van der Waals surface area contributed by atoms with Crippen molar-refractivity contribution in [2.24, 2.45) is 0 Å². The van der Waals surface area contributed by atoms with Crippen LogP contribution >= 0.6 is 11.8 Å². The minimum Gasteiger partial charge on any atom is -0.352 e. The van der Waals surface area contributed by atoms with E-state index < -0.39 is 0 Å². The van der Waals surface area contributed by atoms with Crippen LogP contribution in [0.5, 0.6) is 0 Å². The SMILES string of the molecule is O=C(NC1CCN(C(=O)c2ccc(F)cc2)CC1)C1CSCN1. The molecule has 0 radical (unpaired) electrons. The largest absolute Gasteiger partial charge is 0.352 e. The molecule has 2 saturated heterocycles. The number of hydrogen-bond donors (Lipinski definition) is 2. The molecule has 2 heterocycles. The molecule has 0 aliphatic carbocycles. The van der Waals surface area contributed by atoms with Gasteiger partial charge in [0.15, 0.2) is 0 Å². The fraction of sp³-hybridized carbons (Fsp3) is 0.500. The first-order valence-corrected chi connectivity index (χ1v) is 8.95. The summed E-state index contributed by atoms with van der Waals surface area (Å²) in [6.45, 7) is 1.21. The molecule has 2 fully saturated rings. The van der Waals surface area contributed by atoms with E-state index in [0.717, 1.165) is 24.5 Å². The number of likely N-dealkylation sites (tertiary alicyclic amines) is 1. The van der Waals surface area contributed by atoms with Gasteiger partial charge in [0.2, 0.25) is 5.91 Å². The van der Waals surface area contributed by atoms with Crippen molar-refractivity contribution in [3.05, 3.63) is 35.6 Å². The summed E-state index contributed by atoms with van der Waals surface area (Å²) in [5, 5.41) is 6.22. The van der Waals surface area contributed by atoms with E-state index in [2.05, 4.69) is 10.6 Å². The number of carbonyl (C=O) groups is 2. The van der Waals surface area contributed by atoms with Crippen molar-refractivity contribution in [3.63, 3.8) is 0 Å². The molecule has 23 heavy (non-hydrogen) atoms. The fourth-order valence-corrected chi connectivity index (χ4v) is 3.81. The summed E-state index contributed by atoms with van der Waals surface area (Å²) in [4.78, 5) is 26.2. The standard InChI is InChI=1S/C16H20FN3O2S/c17-12-3-1-11(2-4-12)16(22)20-7-5-13(6-8-20)19-15(21)14-9-23-10-18-14/h1-4,13-14,18H,5-10H2,(H,19,21). The molecule has 1 aromatic rings. The van der Waals surface area contributed by atoms with Gasteiger partial charge in [-0.2, -0.15) is 0 Å². The number of rotatable bonds is 3. The lowest BCUT2D eigenvalue weighted by Crippen LogP contribution is -2.51. The number of nitrogens with one attached hydrogen (secondary N) is 2. The molecule has 2 amide bonds. The van der Waals surface area contributed by atoms with E-state index in [0.29, 0.717) is 18.7 Å². The Morgan fingerprint density at radius 1 is 1.22 bits per heavy atom. The van der Waals surface area contributed by atoms with E-state index in [4.69, 9.17) is 0 Å².